The maximum Gasteiger partial charge on any atom is 0.119 e. The second kappa shape index (κ2) is 6.50. The molecule has 3 N–H and O–H groups in total. The van der Waals surface area contributed by atoms with Crippen LogP contribution in [0.4, 0.5) is 0 Å². The third-order valence-corrected chi connectivity index (χ3v) is 3.20. The van der Waals surface area contributed by atoms with Crippen LogP contribution in [0.5, 0.6) is 5.75 Å². The van der Waals surface area contributed by atoms with Gasteiger partial charge in [-0.2, -0.15) is 0 Å². The molecule has 4 nitrogen and oxygen atoms in total. The van der Waals surface area contributed by atoms with E-state index in [1.54, 1.807) is 0 Å². The fourth-order valence-corrected chi connectivity index (χ4v) is 2.31. The smallest absolute Gasteiger partial charge is 0.119 e. The number of aryl methyl sites for hydroxylation is 2. The van der Waals surface area contributed by atoms with Gasteiger partial charge in [-0.25, -0.2) is 5.43 Å². The second-order valence-electron chi connectivity index (χ2n) is 4.82. The zero-order valence-corrected chi connectivity index (χ0v) is 12.2. The van der Waals surface area contributed by atoms with Crippen LogP contribution in [0.25, 0.3) is 0 Å². The van der Waals surface area contributed by atoms with E-state index < -0.39 is 0 Å². The summed E-state index contributed by atoms with van der Waals surface area (Å²) in [7, 11) is 0. The van der Waals surface area contributed by atoms with Gasteiger partial charge in [0, 0.05) is 6.20 Å². The van der Waals surface area contributed by atoms with Gasteiger partial charge in [-0.3, -0.25) is 10.8 Å². The van der Waals surface area contributed by atoms with Crippen molar-refractivity contribution in [3.63, 3.8) is 0 Å². The topological polar surface area (TPSA) is 60.2 Å². The van der Waals surface area contributed by atoms with Crippen molar-refractivity contribution in [1.82, 2.24) is 10.4 Å². The van der Waals surface area contributed by atoms with Gasteiger partial charge in [0.05, 0.1) is 18.3 Å². The first kappa shape index (κ1) is 14.5. The number of hydrogen-bond acceptors (Lipinski definition) is 4. The van der Waals surface area contributed by atoms with Gasteiger partial charge in [-0.05, 0) is 49.6 Å². The Morgan fingerprint density at radius 2 is 2.10 bits per heavy atom. The molecule has 0 radical (unpaired) electrons. The van der Waals surface area contributed by atoms with Gasteiger partial charge in [-0.1, -0.05) is 18.2 Å². The molecular formula is C16H21N3O. The van der Waals surface area contributed by atoms with E-state index in [1.807, 2.05) is 51.2 Å². The fourth-order valence-electron chi connectivity index (χ4n) is 2.31. The molecule has 0 aliphatic heterocycles. The van der Waals surface area contributed by atoms with Crippen molar-refractivity contribution in [1.29, 1.82) is 0 Å². The zero-order chi connectivity index (χ0) is 14.5. The van der Waals surface area contributed by atoms with Gasteiger partial charge >= 0.3 is 0 Å². The summed E-state index contributed by atoms with van der Waals surface area (Å²) in [5.74, 6) is 6.58. The van der Waals surface area contributed by atoms with E-state index in [9.17, 15) is 0 Å². The fraction of sp³-hybridized carbons (Fsp3) is 0.312. The van der Waals surface area contributed by atoms with Gasteiger partial charge in [0.15, 0.2) is 0 Å². The lowest BCUT2D eigenvalue weighted by Gasteiger charge is -2.19. The molecular weight excluding hydrogens is 250 g/mol. The molecule has 1 aromatic carbocycles. The molecule has 0 saturated heterocycles. The van der Waals surface area contributed by atoms with E-state index in [1.165, 1.54) is 0 Å². The number of nitrogens with one attached hydrogen (secondary N) is 1. The summed E-state index contributed by atoms with van der Waals surface area (Å²) >= 11 is 0. The molecule has 0 spiro atoms. The molecule has 2 rings (SSSR count). The molecule has 106 valence electrons. The van der Waals surface area contributed by atoms with Crippen molar-refractivity contribution >= 4 is 0 Å². The predicted octanol–water partition coefficient (Wildman–Crippen LogP) is 2.65. The standard InChI is InChI=1S/C16H21N3O/c1-4-20-14-7-5-6-13(9-14)16(19-17)15-12(3)8-11(2)10-18-15/h5-10,16,19H,4,17H2,1-3H3. The van der Waals surface area contributed by atoms with Gasteiger partial charge in [0.2, 0.25) is 0 Å². The Labute approximate surface area is 120 Å². The molecule has 1 heterocycles. The molecule has 1 atom stereocenters. The highest BCUT2D eigenvalue weighted by molar-refractivity contribution is 5.37. The highest BCUT2D eigenvalue weighted by atomic mass is 16.5. The van der Waals surface area contributed by atoms with Crippen LogP contribution < -0.4 is 16.0 Å². The second-order valence-corrected chi connectivity index (χ2v) is 4.82. The van der Waals surface area contributed by atoms with Crippen molar-refractivity contribution < 1.29 is 4.74 Å². The lowest BCUT2D eigenvalue weighted by molar-refractivity contribution is 0.339. The molecule has 0 bridgehead atoms. The highest BCUT2D eigenvalue weighted by Crippen LogP contribution is 2.25. The Hall–Kier alpha value is -1.91. The van der Waals surface area contributed by atoms with E-state index in [0.717, 1.165) is 28.1 Å². The van der Waals surface area contributed by atoms with Crippen molar-refractivity contribution in [2.24, 2.45) is 5.84 Å². The van der Waals surface area contributed by atoms with Crippen LogP contribution in [0.1, 0.15) is 35.3 Å². The quantitative estimate of drug-likeness (QED) is 0.648. The van der Waals surface area contributed by atoms with Crippen molar-refractivity contribution in [3.05, 3.63) is 58.9 Å². The first-order chi connectivity index (χ1) is 9.65. The third kappa shape index (κ3) is 3.15. The minimum atomic E-state index is -0.143. The van der Waals surface area contributed by atoms with E-state index in [2.05, 4.69) is 16.5 Å². The number of nitrogens with zero attached hydrogens (tertiary/aromatic N) is 1. The molecule has 20 heavy (non-hydrogen) atoms. The Balaban J connectivity index is 2.38. The van der Waals surface area contributed by atoms with Crippen LogP contribution >= 0.6 is 0 Å². The average Bonchev–Trinajstić information content (AvgIpc) is 2.43. The number of rotatable bonds is 5. The predicted molar refractivity (Wildman–Crippen MR) is 80.5 cm³/mol. The zero-order valence-electron chi connectivity index (χ0n) is 12.2. The van der Waals surface area contributed by atoms with Crippen LogP contribution in [-0.4, -0.2) is 11.6 Å². The molecule has 0 saturated carbocycles. The summed E-state index contributed by atoms with van der Waals surface area (Å²) in [6, 6.07) is 9.89. The van der Waals surface area contributed by atoms with Crippen molar-refractivity contribution in [2.75, 3.05) is 6.61 Å². The number of benzene rings is 1. The van der Waals surface area contributed by atoms with Crippen molar-refractivity contribution in [2.45, 2.75) is 26.8 Å². The first-order valence-electron chi connectivity index (χ1n) is 6.77. The molecule has 1 unspecified atom stereocenters. The van der Waals surface area contributed by atoms with Crippen molar-refractivity contribution in [3.8, 4) is 5.75 Å². The Kier molecular flexibility index (Phi) is 4.71. The van der Waals surface area contributed by atoms with Crippen LogP contribution in [0, 0.1) is 13.8 Å². The third-order valence-electron chi connectivity index (χ3n) is 3.20. The van der Waals surface area contributed by atoms with Crippen LogP contribution in [-0.2, 0) is 0 Å². The summed E-state index contributed by atoms with van der Waals surface area (Å²) in [6.07, 6.45) is 1.86. The lowest BCUT2D eigenvalue weighted by atomic mass is 9.99. The normalized spacial score (nSPS) is 12.2. The summed E-state index contributed by atoms with van der Waals surface area (Å²) in [4.78, 5) is 4.52. The molecule has 4 heteroatoms. The van der Waals surface area contributed by atoms with Crippen LogP contribution in [0.2, 0.25) is 0 Å². The average molecular weight is 271 g/mol. The molecule has 2 aromatic rings. The lowest BCUT2D eigenvalue weighted by Crippen LogP contribution is -2.30. The SMILES string of the molecule is CCOc1cccc(C(NN)c2ncc(C)cc2C)c1. The van der Waals surface area contributed by atoms with E-state index in [-0.39, 0.29) is 6.04 Å². The number of pyridine rings is 1. The number of hydrazine groups is 1. The van der Waals surface area contributed by atoms with Crippen LogP contribution in [0.15, 0.2) is 36.5 Å². The molecule has 0 aliphatic rings. The minimum absolute atomic E-state index is 0.143. The number of hydrogen-bond donors (Lipinski definition) is 2. The molecule has 0 aliphatic carbocycles. The maximum absolute atomic E-state index is 5.74. The Morgan fingerprint density at radius 1 is 1.30 bits per heavy atom. The maximum atomic E-state index is 5.74. The summed E-state index contributed by atoms with van der Waals surface area (Å²) in [5, 5.41) is 0. The number of aromatic nitrogens is 1. The monoisotopic (exact) mass is 271 g/mol. The minimum Gasteiger partial charge on any atom is -0.494 e. The summed E-state index contributed by atoms with van der Waals surface area (Å²) in [5.41, 5.74) is 7.09. The number of nitrogens with two attached hydrogens (primary N) is 1. The van der Waals surface area contributed by atoms with E-state index in [4.69, 9.17) is 10.6 Å². The number of ether oxygens (including phenoxy) is 1. The largest absolute Gasteiger partial charge is 0.494 e. The van der Waals surface area contributed by atoms with E-state index in [0.29, 0.717) is 6.61 Å². The summed E-state index contributed by atoms with van der Waals surface area (Å²) < 4.78 is 5.54. The molecule has 0 fully saturated rings. The van der Waals surface area contributed by atoms with Crippen LogP contribution in [0.3, 0.4) is 0 Å². The molecule has 0 amide bonds. The van der Waals surface area contributed by atoms with Gasteiger partial charge < -0.3 is 4.74 Å². The van der Waals surface area contributed by atoms with Gasteiger partial charge in [0.1, 0.15) is 5.75 Å². The van der Waals surface area contributed by atoms with E-state index >= 15 is 0 Å². The van der Waals surface area contributed by atoms with Gasteiger partial charge in [-0.15, -0.1) is 0 Å². The Bertz CT molecular complexity index is 584. The van der Waals surface area contributed by atoms with Gasteiger partial charge in [0.25, 0.3) is 0 Å². The molecule has 1 aromatic heterocycles. The highest BCUT2D eigenvalue weighted by Gasteiger charge is 2.16. The Morgan fingerprint density at radius 3 is 2.75 bits per heavy atom. The first-order valence-corrected chi connectivity index (χ1v) is 6.77. The summed E-state index contributed by atoms with van der Waals surface area (Å²) in [6.45, 7) is 6.69.